The monoisotopic (exact) mass is 152 g/mol. The molecule has 0 saturated heterocycles. The van der Waals surface area contributed by atoms with Gasteiger partial charge in [-0.05, 0) is 32.6 Å². The van der Waals surface area contributed by atoms with Gasteiger partial charge < -0.3 is 5.11 Å². The van der Waals surface area contributed by atoms with Crippen molar-refractivity contribution in [1.82, 2.24) is 0 Å². The maximum Gasteiger partial charge on any atom is 0.0802 e. The van der Waals surface area contributed by atoms with Crippen molar-refractivity contribution in [2.24, 2.45) is 0 Å². The van der Waals surface area contributed by atoms with Gasteiger partial charge in [-0.1, -0.05) is 24.3 Å². The van der Waals surface area contributed by atoms with Crippen LogP contribution in [0.3, 0.4) is 0 Å². The summed E-state index contributed by atoms with van der Waals surface area (Å²) in [5, 5.41) is 9.68. The van der Waals surface area contributed by atoms with Crippen LogP contribution in [0.4, 0.5) is 0 Å². The van der Waals surface area contributed by atoms with E-state index in [4.69, 9.17) is 0 Å². The Labute approximate surface area is 68.4 Å². The predicted molar refractivity (Wildman–Crippen MR) is 47.4 cm³/mol. The Balaban J connectivity index is 2.56. The van der Waals surface area contributed by atoms with Crippen LogP contribution in [0, 0.1) is 0 Å². The van der Waals surface area contributed by atoms with E-state index < -0.39 is 5.60 Å². The number of rotatable bonds is 0. The van der Waals surface area contributed by atoms with Gasteiger partial charge in [0.2, 0.25) is 0 Å². The van der Waals surface area contributed by atoms with E-state index in [2.05, 4.69) is 6.08 Å². The topological polar surface area (TPSA) is 20.2 Å². The van der Waals surface area contributed by atoms with E-state index in [0.717, 1.165) is 19.3 Å². The molecule has 1 nitrogen and oxygen atoms in total. The van der Waals surface area contributed by atoms with Gasteiger partial charge in [0.25, 0.3) is 0 Å². The molecule has 0 aromatic carbocycles. The molecule has 0 radical (unpaired) electrons. The van der Waals surface area contributed by atoms with Gasteiger partial charge in [0.05, 0.1) is 5.60 Å². The first-order valence-corrected chi connectivity index (χ1v) is 4.27. The predicted octanol–water partition coefficient (Wildman–Crippen LogP) is 2.42. The van der Waals surface area contributed by atoms with Crippen molar-refractivity contribution in [1.29, 1.82) is 0 Å². The summed E-state index contributed by atoms with van der Waals surface area (Å²) in [6.07, 6.45) is 12.3. The average Bonchev–Trinajstić information content (AvgIpc) is 2.00. The quantitative estimate of drug-likeness (QED) is 0.565. The van der Waals surface area contributed by atoms with Crippen molar-refractivity contribution in [3.8, 4) is 0 Å². The zero-order valence-corrected chi connectivity index (χ0v) is 7.09. The van der Waals surface area contributed by atoms with E-state index in [-0.39, 0.29) is 0 Å². The molecule has 0 aromatic rings. The summed E-state index contributed by atoms with van der Waals surface area (Å²) in [7, 11) is 0. The van der Waals surface area contributed by atoms with E-state index in [1.807, 2.05) is 25.2 Å². The van der Waals surface area contributed by atoms with Crippen LogP contribution in [0.1, 0.15) is 32.6 Å². The Morgan fingerprint density at radius 2 is 2.09 bits per heavy atom. The molecular formula is C10H16O. The van der Waals surface area contributed by atoms with Crippen LogP contribution >= 0.6 is 0 Å². The van der Waals surface area contributed by atoms with Crippen molar-refractivity contribution >= 4 is 0 Å². The van der Waals surface area contributed by atoms with E-state index in [1.165, 1.54) is 6.42 Å². The van der Waals surface area contributed by atoms with Crippen LogP contribution in [-0.2, 0) is 0 Å². The molecule has 0 bridgehead atoms. The molecule has 1 N–H and O–H groups in total. The van der Waals surface area contributed by atoms with Gasteiger partial charge in [0, 0.05) is 0 Å². The zero-order valence-electron chi connectivity index (χ0n) is 7.09. The van der Waals surface area contributed by atoms with Gasteiger partial charge in [-0.3, -0.25) is 0 Å². The third-order valence-electron chi connectivity index (χ3n) is 2.01. The molecule has 0 fully saturated rings. The van der Waals surface area contributed by atoms with Crippen molar-refractivity contribution < 1.29 is 5.11 Å². The molecule has 0 aromatic heterocycles. The fourth-order valence-corrected chi connectivity index (χ4v) is 1.27. The number of hydrogen-bond acceptors (Lipinski definition) is 1. The standard InChI is InChI=1S/C10H16O/c1-10(11)8-6-4-2-3-5-7-9-10/h2,4,6,8,11H,3,5,7,9H2,1H3/b4-2-,8-6-. The normalized spacial score (nSPS) is 38.4. The van der Waals surface area contributed by atoms with Crippen LogP contribution in [0.2, 0.25) is 0 Å². The molecule has 1 rings (SSSR count). The van der Waals surface area contributed by atoms with Gasteiger partial charge in [0.15, 0.2) is 0 Å². The third-order valence-corrected chi connectivity index (χ3v) is 2.01. The summed E-state index contributed by atoms with van der Waals surface area (Å²) in [6.45, 7) is 1.86. The maximum atomic E-state index is 9.68. The van der Waals surface area contributed by atoms with Crippen LogP contribution in [0.25, 0.3) is 0 Å². The van der Waals surface area contributed by atoms with Crippen molar-refractivity contribution in [2.75, 3.05) is 0 Å². The second-order valence-electron chi connectivity index (χ2n) is 3.39. The van der Waals surface area contributed by atoms with E-state index in [9.17, 15) is 5.11 Å². The second kappa shape index (κ2) is 3.72. The Kier molecular flexibility index (Phi) is 2.89. The molecular weight excluding hydrogens is 136 g/mol. The van der Waals surface area contributed by atoms with Gasteiger partial charge in [-0.15, -0.1) is 0 Å². The molecule has 1 atom stereocenters. The molecule has 0 aliphatic heterocycles. The minimum atomic E-state index is -0.589. The Bertz CT molecular complexity index is 166. The van der Waals surface area contributed by atoms with Crippen molar-refractivity contribution in [3.05, 3.63) is 24.3 Å². The molecule has 1 aliphatic rings. The summed E-state index contributed by atoms with van der Waals surface area (Å²) < 4.78 is 0. The van der Waals surface area contributed by atoms with Crippen LogP contribution in [0.15, 0.2) is 24.3 Å². The van der Waals surface area contributed by atoms with Crippen LogP contribution in [-0.4, -0.2) is 10.7 Å². The lowest BCUT2D eigenvalue weighted by Gasteiger charge is -2.17. The minimum Gasteiger partial charge on any atom is -0.386 e. The molecule has 1 unspecified atom stereocenters. The lowest BCUT2D eigenvalue weighted by molar-refractivity contribution is 0.0990. The number of allylic oxidation sites excluding steroid dienone is 3. The highest BCUT2D eigenvalue weighted by Crippen LogP contribution is 2.17. The first-order valence-electron chi connectivity index (χ1n) is 4.27. The third kappa shape index (κ3) is 3.38. The molecule has 0 spiro atoms. The SMILES string of the molecule is CC1(O)/C=C\C=C/CCCC1. The summed E-state index contributed by atoms with van der Waals surface area (Å²) in [5.74, 6) is 0. The van der Waals surface area contributed by atoms with Gasteiger partial charge in [-0.25, -0.2) is 0 Å². The fourth-order valence-electron chi connectivity index (χ4n) is 1.27. The first kappa shape index (κ1) is 8.54. The van der Waals surface area contributed by atoms with Crippen molar-refractivity contribution in [3.63, 3.8) is 0 Å². The minimum absolute atomic E-state index is 0.589. The van der Waals surface area contributed by atoms with E-state index in [0.29, 0.717) is 0 Å². The lowest BCUT2D eigenvalue weighted by atomic mass is 9.99. The largest absolute Gasteiger partial charge is 0.386 e. The highest BCUT2D eigenvalue weighted by molar-refractivity contribution is 5.09. The maximum absolute atomic E-state index is 9.68. The summed E-state index contributed by atoms with van der Waals surface area (Å²) in [5.41, 5.74) is -0.589. The smallest absolute Gasteiger partial charge is 0.0802 e. The number of aliphatic hydroxyl groups is 1. The fraction of sp³-hybridized carbons (Fsp3) is 0.600. The molecule has 0 saturated carbocycles. The molecule has 0 amide bonds. The van der Waals surface area contributed by atoms with E-state index >= 15 is 0 Å². The number of hydrogen-bond donors (Lipinski definition) is 1. The zero-order chi connectivity index (χ0) is 8.16. The average molecular weight is 152 g/mol. The molecule has 0 heterocycles. The van der Waals surface area contributed by atoms with Gasteiger partial charge in [-0.2, -0.15) is 0 Å². The molecule has 11 heavy (non-hydrogen) atoms. The lowest BCUT2D eigenvalue weighted by Crippen LogP contribution is -2.19. The van der Waals surface area contributed by atoms with Crippen LogP contribution < -0.4 is 0 Å². The Hall–Kier alpha value is -0.560. The summed E-state index contributed by atoms with van der Waals surface area (Å²) in [6, 6.07) is 0. The van der Waals surface area contributed by atoms with Gasteiger partial charge >= 0.3 is 0 Å². The molecule has 1 aliphatic carbocycles. The highest BCUT2D eigenvalue weighted by Gasteiger charge is 2.14. The summed E-state index contributed by atoms with van der Waals surface area (Å²) >= 11 is 0. The second-order valence-corrected chi connectivity index (χ2v) is 3.39. The van der Waals surface area contributed by atoms with Crippen LogP contribution in [0.5, 0.6) is 0 Å². The summed E-state index contributed by atoms with van der Waals surface area (Å²) in [4.78, 5) is 0. The van der Waals surface area contributed by atoms with Crippen molar-refractivity contribution in [2.45, 2.75) is 38.2 Å². The van der Waals surface area contributed by atoms with E-state index in [1.54, 1.807) is 0 Å². The Morgan fingerprint density at radius 1 is 1.27 bits per heavy atom. The molecule has 62 valence electrons. The molecule has 1 heteroatoms. The van der Waals surface area contributed by atoms with Gasteiger partial charge in [0.1, 0.15) is 0 Å². The highest BCUT2D eigenvalue weighted by atomic mass is 16.3. The first-order chi connectivity index (χ1) is 5.21. The Morgan fingerprint density at radius 3 is 2.91 bits per heavy atom.